The van der Waals surface area contributed by atoms with Gasteiger partial charge in [0.1, 0.15) is 0 Å². The first-order valence-corrected chi connectivity index (χ1v) is 7.58. The SMILES string of the molecule is O=C(NCc1cccnc1)Nc1cnn(-c2cccc(C(F)(F)F)c2)c1. The molecule has 134 valence electrons. The van der Waals surface area contributed by atoms with Crippen LogP contribution in [0.15, 0.2) is 61.2 Å². The van der Waals surface area contributed by atoms with Gasteiger partial charge in [-0.1, -0.05) is 12.1 Å². The van der Waals surface area contributed by atoms with Crippen molar-refractivity contribution in [3.8, 4) is 5.69 Å². The van der Waals surface area contributed by atoms with E-state index in [-0.39, 0.29) is 5.69 Å². The second kappa shape index (κ2) is 7.26. The molecule has 0 aliphatic heterocycles. The maximum absolute atomic E-state index is 12.8. The summed E-state index contributed by atoms with van der Waals surface area (Å²) in [6, 6.07) is 7.88. The van der Waals surface area contributed by atoms with E-state index < -0.39 is 17.8 Å². The summed E-state index contributed by atoms with van der Waals surface area (Å²) in [7, 11) is 0. The Labute approximate surface area is 146 Å². The van der Waals surface area contributed by atoms with Crippen molar-refractivity contribution in [2.24, 2.45) is 0 Å². The van der Waals surface area contributed by atoms with Crippen LogP contribution in [0.25, 0.3) is 5.69 Å². The first kappa shape index (κ1) is 17.5. The summed E-state index contributed by atoms with van der Waals surface area (Å²) < 4.78 is 39.6. The van der Waals surface area contributed by atoms with E-state index in [0.29, 0.717) is 12.2 Å². The molecule has 0 fully saturated rings. The van der Waals surface area contributed by atoms with Gasteiger partial charge < -0.3 is 10.6 Å². The molecular formula is C17H14F3N5O. The molecule has 1 aromatic carbocycles. The molecule has 0 aliphatic rings. The molecule has 0 saturated heterocycles. The van der Waals surface area contributed by atoms with E-state index >= 15 is 0 Å². The number of nitrogens with one attached hydrogen (secondary N) is 2. The van der Waals surface area contributed by atoms with Crippen molar-refractivity contribution in [2.45, 2.75) is 12.7 Å². The minimum atomic E-state index is -4.43. The molecule has 2 aromatic heterocycles. The number of amides is 2. The van der Waals surface area contributed by atoms with E-state index in [4.69, 9.17) is 0 Å². The molecule has 26 heavy (non-hydrogen) atoms. The Bertz CT molecular complexity index is 893. The van der Waals surface area contributed by atoms with Gasteiger partial charge in [0.05, 0.1) is 29.3 Å². The van der Waals surface area contributed by atoms with Crippen molar-refractivity contribution in [1.82, 2.24) is 20.1 Å². The van der Waals surface area contributed by atoms with Crippen molar-refractivity contribution < 1.29 is 18.0 Å². The smallest absolute Gasteiger partial charge is 0.334 e. The molecule has 2 heterocycles. The first-order valence-electron chi connectivity index (χ1n) is 7.58. The number of carbonyl (C=O) groups excluding carboxylic acids is 1. The predicted octanol–water partition coefficient (Wildman–Crippen LogP) is 3.61. The lowest BCUT2D eigenvalue weighted by molar-refractivity contribution is -0.137. The van der Waals surface area contributed by atoms with Gasteiger partial charge in [-0.25, -0.2) is 9.48 Å². The van der Waals surface area contributed by atoms with Crippen molar-refractivity contribution in [3.63, 3.8) is 0 Å². The van der Waals surface area contributed by atoms with Crippen LogP contribution in [-0.2, 0) is 12.7 Å². The van der Waals surface area contributed by atoms with E-state index in [1.807, 2.05) is 6.07 Å². The lowest BCUT2D eigenvalue weighted by Gasteiger charge is -2.08. The summed E-state index contributed by atoms with van der Waals surface area (Å²) in [5, 5.41) is 9.20. The standard InChI is InChI=1S/C17H14F3N5O/c18-17(19,20)13-4-1-5-15(7-13)25-11-14(10-23-25)24-16(26)22-9-12-3-2-6-21-8-12/h1-8,10-11H,9H2,(H2,22,24,26). The van der Waals surface area contributed by atoms with Crippen LogP contribution in [0.3, 0.4) is 0 Å². The van der Waals surface area contributed by atoms with Crippen molar-refractivity contribution in [2.75, 3.05) is 5.32 Å². The van der Waals surface area contributed by atoms with Gasteiger partial charge >= 0.3 is 12.2 Å². The molecule has 0 aliphatic carbocycles. The zero-order valence-electron chi connectivity index (χ0n) is 13.4. The number of urea groups is 1. The van der Waals surface area contributed by atoms with Crippen LogP contribution in [0.1, 0.15) is 11.1 Å². The lowest BCUT2D eigenvalue weighted by Crippen LogP contribution is -2.28. The van der Waals surface area contributed by atoms with Crippen LogP contribution >= 0.6 is 0 Å². The monoisotopic (exact) mass is 361 g/mol. The molecule has 0 atom stereocenters. The number of halogens is 3. The Hall–Kier alpha value is -3.36. The van der Waals surface area contributed by atoms with Crippen LogP contribution in [0.4, 0.5) is 23.7 Å². The van der Waals surface area contributed by atoms with Gasteiger partial charge in [-0.05, 0) is 29.8 Å². The number of hydrogen-bond donors (Lipinski definition) is 2. The van der Waals surface area contributed by atoms with Gasteiger partial charge in [0.15, 0.2) is 0 Å². The highest BCUT2D eigenvalue weighted by molar-refractivity contribution is 5.88. The molecule has 3 aromatic rings. The first-order chi connectivity index (χ1) is 12.4. The third-order valence-electron chi connectivity index (χ3n) is 3.45. The Morgan fingerprint density at radius 3 is 2.73 bits per heavy atom. The Morgan fingerprint density at radius 1 is 1.15 bits per heavy atom. The number of rotatable bonds is 4. The Morgan fingerprint density at radius 2 is 2.00 bits per heavy atom. The molecule has 0 spiro atoms. The summed E-state index contributed by atoms with van der Waals surface area (Å²) in [5.41, 5.74) is 0.659. The number of aromatic nitrogens is 3. The second-order valence-electron chi connectivity index (χ2n) is 5.39. The lowest BCUT2D eigenvalue weighted by atomic mass is 10.2. The molecule has 6 nitrogen and oxygen atoms in total. The van der Waals surface area contributed by atoms with Crippen molar-refractivity contribution >= 4 is 11.7 Å². The van der Waals surface area contributed by atoms with Gasteiger partial charge in [-0.3, -0.25) is 4.98 Å². The maximum atomic E-state index is 12.8. The minimum absolute atomic E-state index is 0.239. The van der Waals surface area contributed by atoms with E-state index in [1.54, 1.807) is 18.5 Å². The molecule has 3 rings (SSSR count). The summed E-state index contributed by atoms with van der Waals surface area (Å²) in [6.45, 7) is 0.293. The number of nitrogens with zero attached hydrogens (tertiary/aromatic N) is 3. The van der Waals surface area contributed by atoms with E-state index in [0.717, 1.165) is 17.7 Å². The average molecular weight is 361 g/mol. The van der Waals surface area contributed by atoms with Crippen LogP contribution in [-0.4, -0.2) is 20.8 Å². The number of pyridine rings is 1. The fourth-order valence-electron chi connectivity index (χ4n) is 2.21. The summed E-state index contributed by atoms with van der Waals surface area (Å²) in [4.78, 5) is 15.8. The number of carbonyl (C=O) groups is 1. The summed E-state index contributed by atoms with van der Waals surface area (Å²) in [6.07, 6.45) is 1.61. The molecular weight excluding hydrogens is 347 g/mol. The van der Waals surface area contributed by atoms with Gasteiger partial charge in [0, 0.05) is 18.9 Å². The average Bonchev–Trinajstić information content (AvgIpc) is 3.09. The number of hydrogen-bond acceptors (Lipinski definition) is 3. The van der Waals surface area contributed by atoms with Crippen LogP contribution in [0.2, 0.25) is 0 Å². The van der Waals surface area contributed by atoms with Crippen LogP contribution in [0.5, 0.6) is 0 Å². The third-order valence-corrected chi connectivity index (χ3v) is 3.45. The molecule has 0 radical (unpaired) electrons. The highest BCUT2D eigenvalue weighted by Gasteiger charge is 2.30. The molecule has 0 saturated carbocycles. The topological polar surface area (TPSA) is 71.8 Å². The Kier molecular flexibility index (Phi) is 4.87. The maximum Gasteiger partial charge on any atom is 0.416 e. The molecule has 2 amide bonds. The quantitative estimate of drug-likeness (QED) is 0.746. The third kappa shape index (κ3) is 4.38. The van der Waals surface area contributed by atoms with Crippen molar-refractivity contribution in [1.29, 1.82) is 0 Å². The largest absolute Gasteiger partial charge is 0.416 e. The van der Waals surface area contributed by atoms with Gasteiger partial charge in [-0.2, -0.15) is 18.3 Å². The van der Waals surface area contributed by atoms with E-state index in [1.165, 1.54) is 29.2 Å². The van der Waals surface area contributed by atoms with E-state index in [2.05, 4.69) is 20.7 Å². The predicted molar refractivity (Wildman–Crippen MR) is 88.7 cm³/mol. The highest BCUT2D eigenvalue weighted by atomic mass is 19.4. The normalized spacial score (nSPS) is 11.2. The fraction of sp³-hybridized carbons (Fsp3) is 0.118. The van der Waals surface area contributed by atoms with Crippen LogP contribution < -0.4 is 10.6 Å². The second-order valence-corrected chi connectivity index (χ2v) is 5.39. The zero-order valence-corrected chi connectivity index (χ0v) is 13.4. The highest BCUT2D eigenvalue weighted by Crippen LogP contribution is 2.30. The Balaban J connectivity index is 1.64. The van der Waals surface area contributed by atoms with Crippen molar-refractivity contribution in [3.05, 3.63) is 72.3 Å². The van der Waals surface area contributed by atoms with Gasteiger partial charge in [-0.15, -0.1) is 0 Å². The number of alkyl halides is 3. The summed E-state index contributed by atoms with van der Waals surface area (Å²) >= 11 is 0. The zero-order chi connectivity index (χ0) is 18.6. The molecule has 9 heteroatoms. The molecule has 2 N–H and O–H groups in total. The fourth-order valence-corrected chi connectivity index (χ4v) is 2.21. The van der Waals surface area contributed by atoms with Gasteiger partial charge in [0.2, 0.25) is 0 Å². The van der Waals surface area contributed by atoms with Crippen LogP contribution in [0, 0.1) is 0 Å². The minimum Gasteiger partial charge on any atom is -0.334 e. The van der Waals surface area contributed by atoms with E-state index in [9.17, 15) is 18.0 Å². The molecule has 0 bridgehead atoms. The molecule has 0 unspecified atom stereocenters. The number of anilines is 1. The number of benzene rings is 1. The van der Waals surface area contributed by atoms with Gasteiger partial charge in [0.25, 0.3) is 0 Å². The summed E-state index contributed by atoms with van der Waals surface area (Å²) in [5.74, 6) is 0.